The topological polar surface area (TPSA) is 26.3 Å². The van der Waals surface area contributed by atoms with Crippen molar-refractivity contribution in [1.29, 1.82) is 0 Å². The molecule has 1 aromatic carbocycles. The van der Waals surface area contributed by atoms with Gasteiger partial charge in [0.1, 0.15) is 5.57 Å². The minimum absolute atomic E-state index is 0.00365. The van der Waals surface area contributed by atoms with E-state index in [1.807, 2.05) is 12.1 Å². The van der Waals surface area contributed by atoms with Crippen LogP contribution in [0.4, 0.5) is 8.78 Å². The molecule has 0 spiro atoms. The minimum Gasteiger partial charge on any atom is -0.462 e. The second-order valence-electron chi connectivity index (χ2n) is 5.58. The fraction of sp³-hybridized carbons (Fsp3) is 0.438. The van der Waals surface area contributed by atoms with E-state index in [-0.39, 0.29) is 18.4 Å². The normalized spacial score (nSPS) is 11.1. The Morgan fingerprint density at radius 1 is 1.15 bits per heavy atom. The first kappa shape index (κ1) is 16.3. The molecule has 0 aliphatic carbocycles. The molecule has 0 atom stereocenters. The Morgan fingerprint density at radius 2 is 1.70 bits per heavy atom. The molecular weight excluding hydrogens is 262 g/mol. The first-order valence-corrected chi connectivity index (χ1v) is 6.56. The van der Waals surface area contributed by atoms with Crippen LogP contribution in [0.5, 0.6) is 0 Å². The van der Waals surface area contributed by atoms with Gasteiger partial charge in [-0.05, 0) is 23.5 Å². The van der Waals surface area contributed by atoms with Crippen LogP contribution in [0.3, 0.4) is 0 Å². The van der Waals surface area contributed by atoms with Crippen molar-refractivity contribution in [3.8, 4) is 0 Å². The predicted molar refractivity (Wildman–Crippen MR) is 74.7 cm³/mol. The summed E-state index contributed by atoms with van der Waals surface area (Å²) in [5.41, 5.74) is 1.21. The fourth-order valence-electron chi connectivity index (χ4n) is 1.76. The summed E-state index contributed by atoms with van der Waals surface area (Å²) < 4.78 is 30.3. The summed E-state index contributed by atoms with van der Waals surface area (Å²) >= 11 is 0. The molecular formula is C16H20F2O2. The van der Waals surface area contributed by atoms with Crippen LogP contribution >= 0.6 is 0 Å². The highest BCUT2D eigenvalue weighted by molar-refractivity contribution is 5.89. The summed E-state index contributed by atoms with van der Waals surface area (Å²) in [6, 6.07) is 7.33. The highest BCUT2D eigenvalue weighted by Gasteiger charge is 2.19. The number of carbonyl (C=O) groups excluding carboxylic acids is 1. The lowest BCUT2D eigenvalue weighted by Gasteiger charge is -2.19. The van der Waals surface area contributed by atoms with E-state index in [1.165, 1.54) is 0 Å². The van der Waals surface area contributed by atoms with Gasteiger partial charge in [0.15, 0.2) is 0 Å². The minimum atomic E-state index is -1.98. The third-order valence-electron chi connectivity index (χ3n) is 2.95. The van der Waals surface area contributed by atoms with Gasteiger partial charge in [0, 0.05) is 6.42 Å². The molecule has 0 N–H and O–H groups in total. The quantitative estimate of drug-likeness (QED) is 0.610. The van der Waals surface area contributed by atoms with Gasteiger partial charge in [0.2, 0.25) is 0 Å². The van der Waals surface area contributed by atoms with Crippen molar-refractivity contribution in [1.82, 2.24) is 0 Å². The highest BCUT2D eigenvalue weighted by Crippen LogP contribution is 2.23. The van der Waals surface area contributed by atoms with Crippen LogP contribution < -0.4 is 0 Å². The lowest BCUT2D eigenvalue weighted by atomic mass is 9.86. The maximum absolute atomic E-state index is 12.8. The van der Waals surface area contributed by atoms with E-state index < -0.39 is 17.6 Å². The number of hydrogen-bond donors (Lipinski definition) is 0. The highest BCUT2D eigenvalue weighted by atomic mass is 19.3. The average molecular weight is 282 g/mol. The third-order valence-corrected chi connectivity index (χ3v) is 2.95. The van der Waals surface area contributed by atoms with Crippen molar-refractivity contribution in [2.24, 2.45) is 0 Å². The molecule has 0 saturated heterocycles. The molecule has 0 heterocycles. The summed E-state index contributed by atoms with van der Waals surface area (Å²) in [4.78, 5) is 11.5. The number of rotatable bonds is 4. The van der Waals surface area contributed by atoms with Crippen molar-refractivity contribution in [2.45, 2.75) is 39.5 Å². The summed E-state index contributed by atoms with van der Waals surface area (Å²) in [5, 5.41) is 0. The zero-order valence-electron chi connectivity index (χ0n) is 12.3. The second-order valence-corrected chi connectivity index (χ2v) is 5.58. The van der Waals surface area contributed by atoms with Gasteiger partial charge < -0.3 is 4.74 Å². The molecule has 20 heavy (non-hydrogen) atoms. The molecule has 0 amide bonds. The van der Waals surface area contributed by atoms with Gasteiger partial charge in [-0.15, -0.1) is 0 Å². The summed E-state index contributed by atoms with van der Waals surface area (Å²) in [5.74, 6) is -0.951. The van der Waals surface area contributed by atoms with Gasteiger partial charge in [0.05, 0.1) is 6.61 Å². The number of halogens is 2. The van der Waals surface area contributed by atoms with Crippen molar-refractivity contribution in [3.63, 3.8) is 0 Å². The molecule has 0 aromatic heterocycles. The van der Waals surface area contributed by atoms with Crippen LogP contribution in [-0.2, 0) is 21.4 Å². The zero-order valence-corrected chi connectivity index (χ0v) is 12.3. The SMILES string of the molecule is CCOC(=O)C(Cc1ccc(C(C)(C)C)cc1)=C(F)F. The molecule has 1 rings (SSSR count). The fourth-order valence-corrected chi connectivity index (χ4v) is 1.76. The van der Waals surface area contributed by atoms with E-state index in [0.717, 1.165) is 5.56 Å². The largest absolute Gasteiger partial charge is 0.462 e. The van der Waals surface area contributed by atoms with E-state index in [1.54, 1.807) is 19.1 Å². The van der Waals surface area contributed by atoms with Gasteiger partial charge >= 0.3 is 5.97 Å². The maximum atomic E-state index is 12.8. The molecule has 0 fully saturated rings. The molecule has 2 nitrogen and oxygen atoms in total. The van der Waals surface area contributed by atoms with Gasteiger partial charge in [-0.3, -0.25) is 0 Å². The second kappa shape index (κ2) is 6.64. The Bertz CT molecular complexity index is 492. The van der Waals surface area contributed by atoms with Crippen LogP contribution in [0.1, 0.15) is 38.8 Å². The van der Waals surface area contributed by atoms with Crippen LogP contribution in [0.15, 0.2) is 35.9 Å². The Hall–Kier alpha value is -1.71. The number of esters is 1. The molecule has 0 aliphatic heterocycles. The first-order valence-electron chi connectivity index (χ1n) is 6.56. The van der Waals surface area contributed by atoms with E-state index in [4.69, 9.17) is 0 Å². The molecule has 4 heteroatoms. The van der Waals surface area contributed by atoms with Gasteiger partial charge in [-0.1, -0.05) is 45.0 Å². The Morgan fingerprint density at radius 3 is 2.10 bits per heavy atom. The molecule has 0 aliphatic rings. The Labute approximate surface area is 118 Å². The molecule has 110 valence electrons. The van der Waals surface area contributed by atoms with Crippen LogP contribution in [0, 0.1) is 0 Å². The van der Waals surface area contributed by atoms with Gasteiger partial charge in [-0.2, -0.15) is 8.78 Å². The van der Waals surface area contributed by atoms with Crippen molar-refractivity contribution >= 4 is 5.97 Å². The number of carbonyl (C=O) groups is 1. The van der Waals surface area contributed by atoms with E-state index in [0.29, 0.717) is 5.56 Å². The summed E-state index contributed by atoms with van der Waals surface area (Å²) in [6.45, 7) is 7.90. The smallest absolute Gasteiger partial charge is 0.339 e. The zero-order chi connectivity index (χ0) is 15.3. The van der Waals surface area contributed by atoms with E-state index in [9.17, 15) is 13.6 Å². The predicted octanol–water partition coefficient (Wildman–Crippen LogP) is 4.24. The van der Waals surface area contributed by atoms with Gasteiger partial charge in [0.25, 0.3) is 6.08 Å². The van der Waals surface area contributed by atoms with Gasteiger partial charge in [-0.25, -0.2) is 4.79 Å². The van der Waals surface area contributed by atoms with E-state index in [2.05, 4.69) is 25.5 Å². The first-order chi connectivity index (χ1) is 9.25. The van der Waals surface area contributed by atoms with Crippen LogP contribution in [0.25, 0.3) is 0 Å². The number of benzene rings is 1. The lowest BCUT2D eigenvalue weighted by molar-refractivity contribution is -0.138. The van der Waals surface area contributed by atoms with Crippen molar-refractivity contribution in [3.05, 3.63) is 47.0 Å². The van der Waals surface area contributed by atoms with Crippen molar-refractivity contribution in [2.75, 3.05) is 6.61 Å². The lowest BCUT2D eigenvalue weighted by Crippen LogP contribution is -2.12. The summed E-state index contributed by atoms with van der Waals surface area (Å²) in [7, 11) is 0. The van der Waals surface area contributed by atoms with Crippen LogP contribution in [0.2, 0.25) is 0 Å². The van der Waals surface area contributed by atoms with Crippen molar-refractivity contribution < 1.29 is 18.3 Å². The number of hydrogen-bond acceptors (Lipinski definition) is 2. The maximum Gasteiger partial charge on any atom is 0.339 e. The average Bonchev–Trinajstić information content (AvgIpc) is 2.35. The molecule has 0 unspecified atom stereocenters. The number of ether oxygens (including phenoxy) is 1. The molecule has 1 aromatic rings. The van der Waals surface area contributed by atoms with E-state index >= 15 is 0 Å². The Kier molecular flexibility index (Phi) is 5.43. The molecule has 0 bridgehead atoms. The summed E-state index contributed by atoms with van der Waals surface area (Å²) in [6.07, 6.45) is -2.10. The third kappa shape index (κ3) is 4.44. The monoisotopic (exact) mass is 282 g/mol. The molecule has 0 saturated carbocycles. The van der Waals surface area contributed by atoms with Crippen LogP contribution in [-0.4, -0.2) is 12.6 Å². The molecule has 0 radical (unpaired) electrons. The Balaban J connectivity index is 2.91. The standard InChI is InChI=1S/C16H20F2O2/c1-5-20-15(19)13(14(17)18)10-11-6-8-12(9-7-11)16(2,3)4/h6-9H,5,10H2,1-4H3.